The van der Waals surface area contributed by atoms with Gasteiger partial charge < -0.3 is 4.42 Å². The first-order valence-electron chi connectivity index (χ1n) is 6.91. The highest BCUT2D eigenvalue weighted by Crippen LogP contribution is 2.35. The molecule has 2 nitrogen and oxygen atoms in total. The zero-order valence-corrected chi connectivity index (χ0v) is 10.9. The van der Waals surface area contributed by atoms with Gasteiger partial charge in [0, 0.05) is 12.3 Å². The van der Waals surface area contributed by atoms with Crippen molar-refractivity contribution < 1.29 is 9.21 Å². The molecule has 98 valence electrons. The Balaban J connectivity index is 1.72. The van der Waals surface area contributed by atoms with Gasteiger partial charge >= 0.3 is 0 Å². The first kappa shape index (κ1) is 12.2. The molecule has 1 heterocycles. The number of hydrogen-bond acceptors (Lipinski definition) is 2. The van der Waals surface area contributed by atoms with E-state index in [4.69, 9.17) is 4.42 Å². The number of ketones is 1. The number of furan rings is 1. The topological polar surface area (TPSA) is 30.2 Å². The second-order valence-corrected chi connectivity index (χ2v) is 5.38. The second-order valence-electron chi connectivity index (χ2n) is 5.38. The van der Waals surface area contributed by atoms with Crippen molar-refractivity contribution in [3.05, 3.63) is 60.1 Å². The van der Waals surface area contributed by atoms with Gasteiger partial charge in [0.2, 0.25) is 0 Å². The third-order valence-corrected chi connectivity index (χ3v) is 4.10. The number of Topliss-reactive ketones (excluding diaryl/α,β-unsaturated/α-hetero) is 1. The van der Waals surface area contributed by atoms with Gasteiger partial charge in [-0.05, 0) is 42.4 Å². The second kappa shape index (κ2) is 5.43. The van der Waals surface area contributed by atoms with E-state index in [-0.39, 0.29) is 5.92 Å². The SMILES string of the molecule is O=C1CCC(c2ccccc2)CC1Cc1ccoc1. The molecule has 0 saturated heterocycles. The monoisotopic (exact) mass is 254 g/mol. The van der Waals surface area contributed by atoms with Gasteiger partial charge in [-0.3, -0.25) is 4.79 Å². The van der Waals surface area contributed by atoms with E-state index in [1.54, 1.807) is 12.5 Å². The Kier molecular flexibility index (Phi) is 3.49. The zero-order valence-electron chi connectivity index (χ0n) is 10.9. The number of hydrogen-bond donors (Lipinski definition) is 0. The van der Waals surface area contributed by atoms with Gasteiger partial charge in [-0.15, -0.1) is 0 Å². The summed E-state index contributed by atoms with van der Waals surface area (Å²) in [5, 5.41) is 0. The molecule has 2 aromatic rings. The number of rotatable bonds is 3. The molecule has 2 heteroatoms. The summed E-state index contributed by atoms with van der Waals surface area (Å²) >= 11 is 0. The van der Waals surface area contributed by atoms with Gasteiger partial charge in [0.15, 0.2) is 0 Å². The van der Waals surface area contributed by atoms with Crippen molar-refractivity contribution in [2.24, 2.45) is 5.92 Å². The third kappa shape index (κ3) is 2.78. The molecular formula is C17H18O2. The van der Waals surface area contributed by atoms with E-state index in [0.29, 0.717) is 18.1 Å². The summed E-state index contributed by atoms with van der Waals surface area (Å²) in [6.07, 6.45) is 6.91. The Hall–Kier alpha value is -1.83. The van der Waals surface area contributed by atoms with Crippen molar-refractivity contribution in [1.82, 2.24) is 0 Å². The van der Waals surface area contributed by atoms with Gasteiger partial charge in [-0.1, -0.05) is 30.3 Å². The van der Waals surface area contributed by atoms with Crippen molar-refractivity contribution >= 4 is 5.78 Å². The lowest BCUT2D eigenvalue weighted by Crippen LogP contribution is -2.25. The quantitative estimate of drug-likeness (QED) is 0.829. The number of benzene rings is 1. The minimum Gasteiger partial charge on any atom is -0.472 e. The molecule has 1 aromatic heterocycles. The van der Waals surface area contributed by atoms with Crippen molar-refractivity contribution in [2.45, 2.75) is 31.6 Å². The van der Waals surface area contributed by atoms with Gasteiger partial charge in [-0.25, -0.2) is 0 Å². The summed E-state index contributed by atoms with van der Waals surface area (Å²) in [6.45, 7) is 0. The Bertz CT molecular complexity index is 528. The highest BCUT2D eigenvalue weighted by atomic mass is 16.3. The molecule has 1 fully saturated rings. The van der Waals surface area contributed by atoms with Gasteiger partial charge in [0.25, 0.3) is 0 Å². The maximum Gasteiger partial charge on any atom is 0.136 e. The molecule has 2 unspecified atom stereocenters. The summed E-state index contributed by atoms with van der Waals surface area (Å²) in [5.74, 6) is 1.08. The summed E-state index contributed by atoms with van der Waals surface area (Å²) in [6, 6.07) is 12.5. The Morgan fingerprint density at radius 1 is 1.16 bits per heavy atom. The lowest BCUT2D eigenvalue weighted by atomic mass is 9.75. The lowest BCUT2D eigenvalue weighted by Gasteiger charge is -2.28. The van der Waals surface area contributed by atoms with E-state index >= 15 is 0 Å². The molecular weight excluding hydrogens is 236 g/mol. The highest BCUT2D eigenvalue weighted by Gasteiger charge is 2.29. The summed E-state index contributed by atoms with van der Waals surface area (Å²) in [5.41, 5.74) is 2.50. The van der Waals surface area contributed by atoms with Crippen molar-refractivity contribution in [1.29, 1.82) is 0 Å². The molecule has 0 aliphatic heterocycles. The Morgan fingerprint density at radius 3 is 2.74 bits per heavy atom. The molecule has 1 aliphatic rings. The van der Waals surface area contributed by atoms with Crippen LogP contribution in [0.15, 0.2) is 53.3 Å². The van der Waals surface area contributed by atoms with E-state index in [9.17, 15) is 4.79 Å². The van der Waals surface area contributed by atoms with E-state index in [0.717, 1.165) is 24.8 Å². The Morgan fingerprint density at radius 2 is 2.00 bits per heavy atom. The smallest absolute Gasteiger partial charge is 0.136 e. The molecule has 0 N–H and O–H groups in total. The molecule has 1 aromatic carbocycles. The first-order valence-corrected chi connectivity index (χ1v) is 6.91. The molecule has 0 spiro atoms. The fraction of sp³-hybridized carbons (Fsp3) is 0.353. The van der Waals surface area contributed by atoms with Gasteiger partial charge in [0.05, 0.1) is 12.5 Å². The average Bonchev–Trinajstić information content (AvgIpc) is 2.95. The summed E-state index contributed by atoms with van der Waals surface area (Å²) in [7, 11) is 0. The van der Waals surface area contributed by atoms with Gasteiger partial charge in [0.1, 0.15) is 5.78 Å². The number of carbonyl (C=O) groups excluding carboxylic acids is 1. The van der Waals surface area contributed by atoms with E-state index in [1.807, 2.05) is 12.1 Å². The minimum atomic E-state index is 0.150. The highest BCUT2D eigenvalue weighted by molar-refractivity contribution is 5.82. The van der Waals surface area contributed by atoms with Crippen molar-refractivity contribution in [2.75, 3.05) is 0 Å². The average molecular weight is 254 g/mol. The zero-order chi connectivity index (χ0) is 13.1. The molecule has 3 rings (SSSR count). The van der Waals surface area contributed by atoms with E-state index < -0.39 is 0 Å². The Labute approximate surface area is 113 Å². The van der Waals surface area contributed by atoms with Crippen LogP contribution in [-0.4, -0.2) is 5.78 Å². The first-order chi connectivity index (χ1) is 9.33. The van der Waals surface area contributed by atoms with Crippen LogP contribution in [0.1, 0.15) is 36.3 Å². The largest absolute Gasteiger partial charge is 0.472 e. The lowest BCUT2D eigenvalue weighted by molar-refractivity contribution is -0.124. The predicted molar refractivity (Wildman–Crippen MR) is 73.9 cm³/mol. The van der Waals surface area contributed by atoms with Crippen LogP contribution in [0.2, 0.25) is 0 Å². The molecule has 1 saturated carbocycles. The molecule has 19 heavy (non-hydrogen) atoms. The minimum absolute atomic E-state index is 0.150. The van der Waals surface area contributed by atoms with Crippen LogP contribution in [0.5, 0.6) is 0 Å². The van der Waals surface area contributed by atoms with Crippen molar-refractivity contribution in [3.63, 3.8) is 0 Å². The number of carbonyl (C=O) groups is 1. The molecule has 0 bridgehead atoms. The van der Waals surface area contributed by atoms with E-state index in [2.05, 4.69) is 24.3 Å². The van der Waals surface area contributed by atoms with Gasteiger partial charge in [-0.2, -0.15) is 0 Å². The normalized spacial score (nSPS) is 23.5. The maximum absolute atomic E-state index is 12.1. The molecule has 1 aliphatic carbocycles. The van der Waals surface area contributed by atoms with Crippen LogP contribution in [0.3, 0.4) is 0 Å². The van der Waals surface area contributed by atoms with Crippen LogP contribution < -0.4 is 0 Å². The summed E-state index contributed by atoms with van der Waals surface area (Å²) < 4.78 is 5.09. The van der Waals surface area contributed by atoms with Crippen LogP contribution in [-0.2, 0) is 11.2 Å². The van der Waals surface area contributed by atoms with Crippen LogP contribution >= 0.6 is 0 Å². The van der Waals surface area contributed by atoms with E-state index in [1.165, 1.54) is 5.56 Å². The van der Waals surface area contributed by atoms with Crippen molar-refractivity contribution in [3.8, 4) is 0 Å². The van der Waals surface area contributed by atoms with Crippen LogP contribution in [0.4, 0.5) is 0 Å². The standard InChI is InChI=1S/C17H18O2/c18-17-7-6-15(14-4-2-1-3-5-14)11-16(17)10-13-8-9-19-12-13/h1-5,8-9,12,15-16H,6-7,10-11H2. The third-order valence-electron chi connectivity index (χ3n) is 4.10. The maximum atomic E-state index is 12.1. The van der Waals surface area contributed by atoms with Crippen LogP contribution in [0, 0.1) is 5.92 Å². The molecule has 0 amide bonds. The molecule has 2 atom stereocenters. The molecule has 0 radical (unpaired) electrons. The fourth-order valence-electron chi connectivity index (χ4n) is 3.03. The predicted octanol–water partition coefficient (Wildman–Crippen LogP) is 3.98. The fourth-order valence-corrected chi connectivity index (χ4v) is 3.03. The summed E-state index contributed by atoms with van der Waals surface area (Å²) in [4.78, 5) is 12.1. The van der Waals surface area contributed by atoms with Crippen LogP contribution in [0.25, 0.3) is 0 Å².